The van der Waals surface area contributed by atoms with Gasteiger partial charge in [-0.15, -0.1) is 0 Å². The Labute approximate surface area is 189 Å². The maximum absolute atomic E-state index is 12.9. The highest BCUT2D eigenvalue weighted by molar-refractivity contribution is 5.93. The average Bonchev–Trinajstić information content (AvgIpc) is 3.14. The molecule has 0 spiro atoms. The van der Waals surface area contributed by atoms with E-state index in [4.69, 9.17) is 9.72 Å². The molecule has 0 saturated heterocycles. The Morgan fingerprint density at radius 1 is 1.38 bits per heavy atom. The highest BCUT2D eigenvalue weighted by atomic mass is 16.5. The first kappa shape index (κ1) is 22.1. The lowest BCUT2D eigenvalue weighted by molar-refractivity contribution is -0.118. The number of methoxy groups -OCH3 is 1. The Kier molecular flexibility index (Phi) is 6.31. The third-order valence-electron chi connectivity index (χ3n) is 6.42. The van der Waals surface area contributed by atoms with E-state index in [0.29, 0.717) is 24.6 Å². The van der Waals surface area contributed by atoms with E-state index in [1.54, 1.807) is 13.3 Å². The smallest absolute Gasteiger partial charge is 0.224 e. The number of amides is 1. The molecule has 6 nitrogen and oxygen atoms in total. The molecule has 32 heavy (non-hydrogen) atoms. The van der Waals surface area contributed by atoms with E-state index >= 15 is 0 Å². The van der Waals surface area contributed by atoms with E-state index in [0.717, 1.165) is 53.8 Å². The highest BCUT2D eigenvalue weighted by Crippen LogP contribution is 2.44. The third-order valence-corrected chi connectivity index (χ3v) is 6.42. The number of ether oxygens (including phenoxy) is 1. The number of imidazole rings is 1. The van der Waals surface area contributed by atoms with Crippen molar-refractivity contribution in [1.82, 2.24) is 15.0 Å². The minimum Gasteiger partial charge on any atom is -0.481 e. The number of anilines is 1. The number of fused-ring (bicyclic) bond motifs is 1. The van der Waals surface area contributed by atoms with Gasteiger partial charge in [0.15, 0.2) is 0 Å². The molecule has 2 heterocycles. The SMILES string of the molecule is C=C1CC(CC)CC(C)(CC(=O)Nc2ccc3[nH]c(Cc4cccnc4OC)nc3c2)C1. The zero-order valence-corrected chi connectivity index (χ0v) is 19.2. The van der Waals surface area contributed by atoms with Crippen LogP contribution in [0.15, 0.2) is 48.7 Å². The Bertz CT molecular complexity index is 1140. The summed E-state index contributed by atoms with van der Waals surface area (Å²) in [6.45, 7) is 8.66. The summed E-state index contributed by atoms with van der Waals surface area (Å²) < 4.78 is 5.34. The van der Waals surface area contributed by atoms with Crippen LogP contribution in [0.1, 0.15) is 57.3 Å². The fourth-order valence-corrected chi connectivity index (χ4v) is 5.08. The number of hydrogen-bond donors (Lipinski definition) is 2. The molecule has 1 amide bonds. The van der Waals surface area contributed by atoms with E-state index in [1.165, 1.54) is 5.57 Å². The quantitative estimate of drug-likeness (QED) is 0.472. The molecule has 168 valence electrons. The van der Waals surface area contributed by atoms with E-state index < -0.39 is 0 Å². The number of pyridine rings is 1. The topological polar surface area (TPSA) is 79.9 Å². The molecule has 1 aliphatic rings. The molecule has 1 saturated carbocycles. The molecule has 0 radical (unpaired) electrons. The molecule has 6 heteroatoms. The molecule has 0 aliphatic heterocycles. The van der Waals surface area contributed by atoms with Crippen LogP contribution in [-0.2, 0) is 11.2 Å². The molecular formula is C26H32N4O2. The van der Waals surface area contributed by atoms with Crippen LogP contribution in [0.25, 0.3) is 11.0 Å². The molecule has 1 aliphatic carbocycles. The monoisotopic (exact) mass is 432 g/mol. The molecule has 2 unspecified atom stereocenters. The second-order valence-electron chi connectivity index (χ2n) is 9.41. The predicted octanol–water partition coefficient (Wildman–Crippen LogP) is 5.66. The van der Waals surface area contributed by atoms with Crippen molar-refractivity contribution in [3.05, 3.63) is 60.1 Å². The summed E-state index contributed by atoms with van der Waals surface area (Å²) in [5.74, 6) is 2.11. The maximum Gasteiger partial charge on any atom is 0.224 e. The fourth-order valence-electron chi connectivity index (χ4n) is 5.08. The number of allylic oxidation sites excluding steroid dienone is 1. The summed E-state index contributed by atoms with van der Waals surface area (Å²) in [6, 6.07) is 9.67. The first-order valence-electron chi connectivity index (χ1n) is 11.3. The standard InChI is InChI=1S/C26H32N4O2/c1-5-18-11-17(2)14-26(3,15-18)16-24(31)28-20-8-9-21-22(13-20)30-23(29-21)12-19-7-6-10-27-25(19)32-4/h6-10,13,18H,2,5,11-12,14-16H2,1,3-4H3,(H,28,31)(H,29,30). The van der Waals surface area contributed by atoms with Gasteiger partial charge >= 0.3 is 0 Å². The lowest BCUT2D eigenvalue weighted by Gasteiger charge is -2.38. The third kappa shape index (κ3) is 5.01. The molecule has 2 atom stereocenters. The van der Waals surface area contributed by atoms with Crippen LogP contribution < -0.4 is 10.1 Å². The van der Waals surface area contributed by atoms with Gasteiger partial charge < -0.3 is 15.0 Å². The number of hydrogen-bond acceptors (Lipinski definition) is 4. The highest BCUT2D eigenvalue weighted by Gasteiger charge is 2.35. The molecule has 2 aromatic heterocycles. The van der Waals surface area contributed by atoms with Gasteiger partial charge in [0.1, 0.15) is 5.82 Å². The summed E-state index contributed by atoms with van der Waals surface area (Å²) in [6.07, 6.45) is 7.05. The number of nitrogens with one attached hydrogen (secondary N) is 2. The number of benzene rings is 1. The van der Waals surface area contributed by atoms with Crippen LogP contribution in [0, 0.1) is 11.3 Å². The molecule has 1 aromatic carbocycles. The molecule has 0 bridgehead atoms. The number of aromatic amines is 1. The van der Waals surface area contributed by atoms with E-state index in [9.17, 15) is 4.79 Å². The van der Waals surface area contributed by atoms with Crippen molar-refractivity contribution in [3.8, 4) is 5.88 Å². The van der Waals surface area contributed by atoms with E-state index in [1.807, 2.05) is 30.3 Å². The second-order valence-corrected chi connectivity index (χ2v) is 9.41. The van der Waals surface area contributed by atoms with Crippen molar-refractivity contribution in [2.24, 2.45) is 11.3 Å². The van der Waals surface area contributed by atoms with Gasteiger partial charge in [-0.25, -0.2) is 9.97 Å². The number of aromatic nitrogens is 3. The largest absolute Gasteiger partial charge is 0.481 e. The summed E-state index contributed by atoms with van der Waals surface area (Å²) in [5.41, 5.74) is 4.74. The predicted molar refractivity (Wildman–Crippen MR) is 128 cm³/mol. The van der Waals surface area contributed by atoms with Crippen molar-refractivity contribution < 1.29 is 9.53 Å². The number of rotatable bonds is 7. The minimum atomic E-state index is -0.0214. The number of carbonyl (C=O) groups is 1. The van der Waals surface area contributed by atoms with Gasteiger partial charge in [0.25, 0.3) is 0 Å². The minimum absolute atomic E-state index is 0.0214. The van der Waals surface area contributed by atoms with Crippen LogP contribution in [0.5, 0.6) is 5.88 Å². The Morgan fingerprint density at radius 2 is 2.22 bits per heavy atom. The van der Waals surface area contributed by atoms with Crippen LogP contribution >= 0.6 is 0 Å². The first-order chi connectivity index (χ1) is 15.4. The lowest BCUT2D eigenvalue weighted by Crippen LogP contribution is -2.31. The summed E-state index contributed by atoms with van der Waals surface area (Å²) in [5, 5.41) is 3.08. The van der Waals surface area contributed by atoms with Gasteiger partial charge in [0, 0.05) is 30.3 Å². The second kappa shape index (κ2) is 9.15. The van der Waals surface area contributed by atoms with Crippen molar-refractivity contribution in [3.63, 3.8) is 0 Å². The van der Waals surface area contributed by atoms with Crippen molar-refractivity contribution in [1.29, 1.82) is 0 Å². The van der Waals surface area contributed by atoms with Gasteiger partial charge in [0.05, 0.1) is 18.1 Å². The lowest BCUT2D eigenvalue weighted by atomic mass is 9.67. The first-order valence-corrected chi connectivity index (χ1v) is 11.3. The fraction of sp³-hybridized carbons (Fsp3) is 0.423. The summed E-state index contributed by atoms with van der Waals surface area (Å²) in [7, 11) is 1.62. The molecule has 2 N–H and O–H groups in total. The van der Waals surface area contributed by atoms with Crippen molar-refractivity contribution >= 4 is 22.6 Å². The van der Waals surface area contributed by atoms with Gasteiger partial charge in [-0.05, 0) is 54.9 Å². The number of carbonyl (C=O) groups excluding carboxylic acids is 1. The molecule has 3 aromatic rings. The number of H-pyrrole nitrogens is 1. The van der Waals surface area contributed by atoms with Crippen LogP contribution in [-0.4, -0.2) is 28.0 Å². The number of nitrogens with zero attached hydrogens (tertiary/aromatic N) is 2. The average molecular weight is 433 g/mol. The molecular weight excluding hydrogens is 400 g/mol. The normalized spacial score (nSPS) is 21.0. The van der Waals surface area contributed by atoms with Gasteiger partial charge in [-0.1, -0.05) is 38.5 Å². The molecule has 4 rings (SSSR count). The summed E-state index contributed by atoms with van der Waals surface area (Å²) >= 11 is 0. The Morgan fingerprint density at radius 3 is 3.00 bits per heavy atom. The zero-order valence-electron chi connectivity index (χ0n) is 19.2. The van der Waals surface area contributed by atoms with Crippen molar-refractivity contribution in [2.45, 2.75) is 52.4 Å². The van der Waals surface area contributed by atoms with Gasteiger partial charge in [0.2, 0.25) is 11.8 Å². The van der Waals surface area contributed by atoms with Crippen LogP contribution in [0.3, 0.4) is 0 Å². The zero-order chi connectivity index (χ0) is 22.7. The Balaban J connectivity index is 1.45. The summed E-state index contributed by atoms with van der Waals surface area (Å²) in [4.78, 5) is 25.2. The Hall–Kier alpha value is -3.15. The van der Waals surface area contributed by atoms with E-state index in [2.05, 4.69) is 35.7 Å². The van der Waals surface area contributed by atoms with Gasteiger partial charge in [-0.3, -0.25) is 4.79 Å². The molecule has 1 fully saturated rings. The van der Waals surface area contributed by atoms with Crippen LogP contribution in [0.4, 0.5) is 5.69 Å². The van der Waals surface area contributed by atoms with E-state index in [-0.39, 0.29) is 11.3 Å². The van der Waals surface area contributed by atoms with Crippen molar-refractivity contribution in [2.75, 3.05) is 12.4 Å². The van der Waals surface area contributed by atoms with Gasteiger partial charge in [-0.2, -0.15) is 0 Å². The maximum atomic E-state index is 12.9. The van der Waals surface area contributed by atoms with Crippen LogP contribution in [0.2, 0.25) is 0 Å².